The third kappa shape index (κ3) is 7.03. The van der Waals surface area contributed by atoms with Crippen molar-refractivity contribution in [2.75, 3.05) is 27.9 Å². The van der Waals surface area contributed by atoms with Crippen molar-refractivity contribution in [2.45, 2.75) is 19.6 Å². The van der Waals surface area contributed by atoms with Crippen LogP contribution in [0.4, 0.5) is 4.39 Å². The fourth-order valence-electron chi connectivity index (χ4n) is 5.63. The molecule has 5 aromatic rings. The molecular formula is C38H32FIN2O7S. The monoisotopic (exact) mass is 806 g/mol. The minimum absolute atomic E-state index is 0.136. The second-order valence-electron chi connectivity index (χ2n) is 11.0. The van der Waals surface area contributed by atoms with Gasteiger partial charge in [-0.25, -0.2) is 14.2 Å². The Morgan fingerprint density at radius 1 is 0.940 bits per heavy atom. The number of fused-ring (bicyclic) bond motifs is 1. The summed E-state index contributed by atoms with van der Waals surface area (Å²) in [7, 11) is 4.61. The number of benzene rings is 4. The fourth-order valence-corrected chi connectivity index (χ4v) is 7.41. The van der Waals surface area contributed by atoms with Crippen LogP contribution in [0.15, 0.2) is 100 Å². The predicted molar refractivity (Wildman–Crippen MR) is 197 cm³/mol. The molecule has 1 atom stereocenters. The highest BCUT2D eigenvalue weighted by Crippen LogP contribution is 2.39. The zero-order valence-electron chi connectivity index (χ0n) is 27.6. The number of esters is 1. The van der Waals surface area contributed by atoms with Gasteiger partial charge in [-0.2, -0.15) is 0 Å². The number of hydrogen-bond acceptors (Lipinski definition) is 9. The maximum atomic E-state index is 14.4. The van der Waals surface area contributed by atoms with Gasteiger partial charge in [0.1, 0.15) is 12.4 Å². The van der Waals surface area contributed by atoms with E-state index in [0.717, 1.165) is 9.13 Å². The van der Waals surface area contributed by atoms with E-state index in [0.29, 0.717) is 54.7 Å². The van der Waals surface area contributed by atoms with Crippen molar-refractivity contribution in [3.63, 3.8) is 0 Å². The molecule has 0 amide bonds. The largest absolute Gasteiger partial charge is 0.493 e. The van der Waals surface area contributed by atoms with Gasteiger partial charge in [0, 0.05) is 5.56 Å². The number of rotatable bonds is 11. The SMILES string of the molecule is CCOC(=O)C1=C(c2ccccc2)N=c2s/c(=C\c3cc(I)c(OCc4ccc(F)cc4)c(OC)c3)c(=O)n2[C@@H]1c1ccc(OC)c(OC)c1. The molecule has 0 radical (unpaired) electrons. The molecule has 1 aromatic heterocycles. The van der Waals surface area contributed by atoms with Gasteiger partial charge < -0.3 is 23.7 Å². The first-order valence-corrected chi connectivity index (χ1v) is 17.4. The van der Waals surface area contributed by atoms with Gasteiger partial charge in [-0.05, 0) is 88.7 Å². The fraction of sp³-hybridized carbons (Fsp3) is 0.184. The zero-order valence-corrected chi connectivity index (χ0v) is 30.5. The Labute approximate surface area is 305 Å². The van der Waals surface area contributed by atoms with E-state index in [1.54, 1.807) is 63.6 Å². The van der Waals surface area contributed by atoms with E-state index in [-0.39, 0.29) is 30.2 Å². The molecule has 2 heterocycles. The zero-order chi connectivity index (χ0) is 35.4. The molecule has 0 spiro atoms. The summed E-state index contributed by atoms with van der Waals surface area (Å²) < 4.78 is 44.5. The summed E-state index contributed by atoms with van der Waals surface area (Å²) in [6, 6.07) is 23.5. The predicted octanol–water partition coefficient (Wildman–Crippen LogP) is 6.28. The molecule has 0 saturated heterocycles. The van der Waals surface area contributed by atoms with Crippen LogP contribution in [0.5, 0.6) is 23.0 Å². The molecule has 256 valence electrons. The molecule has 0 N–H and O–H groups in total. The number of hydrogen-bond donors (Lipinski definition) is 0. The van der Waals surface area contributed by atoms with E-state index in [1.807, 2.05) is 36.4 Å². The Morgan fingerprint density at radius 3 is 2.34 bits per heavy atom. The molecule has 0 unspecified atom stereocenters. The van der Waals surface area contributed by atoms with Crippen LogP contribution in [0.1, 0.15) is 35.2 Å². The summed E-state index contributed by atoms with van der Waals surface area (Å²) in [4.78, 5) is 33.5. The van der Waals surface area contributed by atoms with Crippen LogP contribution in [0.3, 0.4) is 0 Å². The molecule has 0 fully saturated rings. The van der Waals surface area contributed by atoms with Crippen LogP contribution >= 0.6 is 33.9 Å². The molecule has 4 aromatic carbocycles. The molecule has 1 aliphatic rings. The summed E-state index contributed by atoms with van der Waals surface area (Å²) in [5.74, 6) is 1.03. The third-order valence-electron chi connectivity index (χ3n) is 7.94. The van der Waals surface area contributed by atoms with E-state index in [2.05, 4.69) is 22.6 Å². The van der Waals surface area contributed by atoms with Gasteiger partial charge in [0.25, 0.3) is 5.56 Å². The van der Waals surface area contributed by atoms with Crippen molar-refractivity contribution in [3.8, 4) is 23.0 Å². The normalized spacial score (nSPS) is 14.1. The molecule has 9 nitrogen and oxygen atoms in total. The molecule has 50 heavy (non-hydrogen) atoms. The lowest BCUT2D eigenvalue weighted by atomic mass is 9.93. The van der Waals surface area contributed by atoms with Crippen LogP contribution in [0.2, 0.25) is 0 Å². The number of thiazole rings is 1. The second-order valence-corrected chi connectivity index (χ2v) is 13.2. The van der Waals surface area contributed by atoms with Crippen LogP contribution in [-0.4, -0.2) is 38.5 Å². The smallest absolute Gasteiger partial charge is 0.338 e. The van der Waals surface area contributed by atoms with Gasteiger partial charge in [0.15, 0.2) is 27.8 Å². The number of methoxy groups -OCH3 is 3. The minimum Gasteiger partial charge on any atom is -0.493 e. The lowest BCUT2D eigenvalue weighted by Gasteiger charge is -2.26. The van der Waals surface area contributed by atoms with E-state index in [9.17, 15) is 14.0 Å². The average molecular weight is 807 g/mol. The number of carbonyl (C=O) groups excluding carboxylic acids is 1. The summed E-state index contributed by atoms with van der Waals surface area (Å²) in [6.45, 7) is 2.08. The van der Waals surface area contributed by atoms with Crippen LogP contribution in [0.25, 0.3) is 11.8 Å². The highest BCUT2D eigenvalue weighted by molar-refractivity contribution is 14.1. The molecule has 0 saturated carbocycles. The lowest BCUT2D eigenvalue weighted by Crippen LogP contribution is -2.40. The lowest BCUT2D eigenvalue weighted by molar-refractivity contribution is -0.138. The summed E-state index contributed by atoms with van der Waals surface area (Å²) >= 11 is 3.37. The number of nitrogens with zero attached hydrogens (tertiary/aromatic N) is 2. The second kappa shape index (κ2) is 15.3. The van der Waals surface area contributed by atoms with Crippen molar-refractivity contribution in [1.29, 1.82) is 0 Å². The number of ether oxygens (including phenoxy) is 5. The maximum absolute atomic E-state index is 14.4. The van der Waals surface area contributed by atoms with E-state index < -0.39 is 12.0 Å². The van der Waals surface area contributed by atoms with Gasteiger partial charge in [0.2, 0.25) is 0 Å². The van der Waals surface area contributed by atoms with Gasteiger partial charge >= 0.3 is 5.97 Å². The Bertz CT molecular complexity index is 2270. The van der Waals surface area contributed by atoms with Gasteiger partial charge in [-0.3, -0.25) is 9.36 Å². The number of halogens is 2. The van der Waals surface area contributed by atoms with Crippen LogP contribution in [-0.2, 0) is 16.1 Å². The van der Waals surface area contributed by atoms with Gasteiger partial charge in [0.05, 0.1) is 53.4 Å². The standard InChI is InChI=1S/C38H32FIN2O7S/c1-5-48-37(44)32-33(24-9-7-6-8-10-24)41-38-42(34(32)25-13-16-28(45-2)29(20-25)46-3)36(43)31(50-38)19-23-17-27(40)35(30(18-23)47-4)49-21-22-11-14-26(39)15-12-22/h6-20,34H,5,21H2,1-4H3/b31-19-/t34-/m1/s1. The van der Waals surface area contributed by atoms with Crippen LogP contribution in [0, 0.1) is 9.39 Å². The first kappa shape index (κ1) is 34.9. The number of carbonyl (C=O) groups is 1. The summed E-state index contributed by atoms with van der Waals surface area (Å²) in [6.07, 6.45) is 1.76. The van der Waals surface area contributed by atoms with Gasteiger partial charge in [-0.1, -0.05) is 59.9 Å². The summed E-state index contributed by atoms with van der Waals surface area (Å²) in [5.41, 5.74) is 3.11. The minimum atomic E-state index is -0.889. The maximum Gasteiger partial charge on any atom is 0.338 e. The highest BCUT2D eigenvalue weighted by Gasteiger charge is 2.35. The van der Waals surface area contributed by atoms with Crippen molar-refractivity contribution in [2.24, 2.45) is 4.99 Å². The Kier molecular flexibility index (Phi) is 10.7. The Morgan fingerprint density at radius 2 is 1.66 bits per heavy atom. The van der Waals surface area contributed by atoms with Crippen molar-refractivity contribution >= 4 is 51.7 Å². The molecule has 6 rings (SSSR count). The van der Waals surface area contributed by atoms with E-state index in [4.69, 9.17) is 28.7 Å². The molecular weight excluding hydrogens is 774 g/mol. The van der Waals surface area contributed by atoms with E-state index in [1.165, 1.54) is 35.1 Å². The van der Waals surface area contributed by atoms with Crippen molar-refractivity contribution < 1.29 is 32.9 Å². The molecule has 0 bridgehead atoms. The first-order valence-electron chi connectivity index (χ1n) is 15.5. The third-order valence-corrected chi connectivity index (χ3v) is 9.73. The average Bonchev–Trinajstić information content (AvgIpc) is 3.44. The van der Waals surface area contributed by atoms with Crippen molar-refractivity contribution in [1.82, 2.24) is 4.57 Å². The summed E-state index contributed by atoms with van der Waals surface area (Å²) in [5, 5.41) is 0. The topological polar surface area (TPSA) is 97.6 Å². The van der Waals surface area contributed by atoms with Gasteiger partial charge in [-0.15, -0.1) is 0 Å². The van der Waals surface area contributed by atoms with Crippen LogP contribution < -0.4 is 33.8 Å². The van der Waals surface area contributed by atoms with E-state index >= 15 is 0 Å². The molecule has 0 aliphatic carbocycles. The quantitative estimate of drug-likeness (QED) is 0.115. The number of aromatic nitrogens is 1. The Hall–Kier alpha value is -4.95. The highest BCUT2D eigenvalue weighted by atomic mass is 127. The molecule has 1 aliphatic heterocycles. The van der Waals surface area contributed by atoms with Crippen molar-refractivity contribution in [3.05, 3.63) is 142 Å². The molecule has 12 heteroatoms. The Balaban J connectivity index is 1.51. The first-order chi connectivity index (χ1) is 24.3.